The van der Waals surface area contributed by atoms with E-state index in [1.165, 1.54) is 37.1 Å². The van der Waals surface area contributed by atoms with Gasteiger partial charge in [-0.1, -0.05) is 0 Å². The van der Waals surface area contributed by atoms with E-state index in [1.807, 2.05) is 0 Å². The van der Waals surface area contributed by atoms with Crippen molar-refractivity contribution in [3.05, 3.63) is 83.4 Å². The molecule has 0 saturated carbocycles. The molecule has 2 aromatic carbocycles. The number of anilines is 1. The molecule has 0 fully saturated rings. The van der Waals surface area contributed by atoms with Crippen molar-refractivity contribution in [2.24, 2.45) is 0 Å². The van der Waals surface area contributed by atoms with Crippen LogP contribution in [0.1, 0.15) is 21.7 Å². The second-order valence-electron chi connectivity index (χ2n) is 8.06. The van der Waals surface area contributed by atoms with E-state index >= 15 is 0 Å². The van der Waals surface area contributed by atoms with Gasteiger partial charge in [0.2, 0.25) is 0 Å². The summed E-state index contributed by atoms with van der Waals surface area (Å²) in [6.45, 7) is 0. The molecule has 0 unspecified atom stereocenters. The minimum absolute atomic E-state index is 0.157. The highest BCUT2D eigenvalue weighted by molar-refractivity contribution is 6.03. The van der Waals surface area contributed by atoms with Crippen LogP contribution in [0, 0.1) is 23.0 Å². The maximum atomic E-state index is 15.0. The second kappa shape index (κ2) is 10.2. The molecule has 39 heavy (non-hydrogen) atoms. The molecule has 0 spiro atoms. The molecule has 2 heterocycles. The first-order valence-corrected chi connectivity index (χ1v) is 10.8. The van der Waals surface area contributed by atoms with Gasteiger partial charge in [0, 0.05) is 38.6 Å². The van der Waals surface area contributed by atoms with Crippen LogP contribution in [0.25, 0.3) is 11.4 Å². The van der Waals surface area contributed by atoms with Gasteiger partial charge in [0.1, 0.15) is 23.4 Å². The SMILES string of the molecule is CN(C)C(=O)Oc1nccn1-c1ccc(NC(=O)c2cc(C(F)(F)F)nn2-c2ccc(F)c(C#N)c2)c(F)c1. The van der Waals surface area contributed by atoms with Crippen molar-refractivity contribution in [1.29, 1.82) is 5.26 Å². The van der Waals surface area contributed by atoms with Crippen LogP contribution in [0.2, 0.25) is 0 Å². The molecule has 2 aromatic heterocycles. The second-order valence-corrected chi connectivity index (χ2v) is 8.06. The fraction of sp³-hybridized carbons (Fsp3) is 0.125. The number of imidazole rings is 1. The van der Waals surface area contributed by atoms with Crippen LogP contribution in [0.5, 0.6) is 6.01 Å². The number of aromatic nitrogens is 4. The van der Waals surface area contributed by atoms with Gasteiger partial charge < -0.3 is 15.0 Å². The predicted octanol–water partition coefficient (Wildman–Crippen LogP) is 4.54. The Morgan fingerprint density at radius 3 is 2.41 bits per heavy atom. The quantitative estimate of drug-likeness (QED) is 0.368. The van der Waals surface area contributed by atoms with E-state index in [9.17, 15) is 31.5 Å². The van der Waals surface area contributed by atoms with Gasteiger partial charge in [-0.3, -0.25) is 9.36 Å². The Morgan fingerprint density at radius 1 is 1.05 bits per heavy atom. The standard InChI is InChI=1S/C24H16F5N7O3/c1-34(2)23(38)39-22-31-7-8-35(22)14-4-6-18(17(26)10-14)32-21(37)19-11-20(24(27,28)29)33-36(19)15-3-5-16(25)13(9-15)12-30/h3-11H,1-2H3,(H,32,37). The maximum absolute atomic E-state index is 15.0. The van der Waals surface area contributed by atoms with Gasteiger partial charge in [-0.25, -0.2) is 23.2 Å². The molecule has 15 heteroatoms. The van der Waals surface area contributed by atoms with Crippen LogP contribution in [0.4, 0.5) is 32.4 Å². The van der Waals surface area contributed by atoms with Crippen molar-refractivity contribution < 1.29 is 36.3 Å². The van der Waals surface area contributed by atoms with E-state index in [-0.39, 0.29) is 17.4 Å². The number of benzene rings is 2. The van der Waals surface area contributed by atoms with Crippen molar-refractivity contribution in [1.82, 2.24) is 24.2 Å². The number of rotatable bonds is 5. The molecule has 4 rings (SSSR count). The molecule has 1 N–H and O–H groups in total. The molecule has 2 amide bonds. The van der Waals surface area contributed by atoms with Crippen LogP contribution < -0.4 is 10.1 Å². The summed E-state index contributed by atoms with van der Waals surface area (Å²) in [6.07, 6.45) is -2.98. The highest BCUT2D eigenvalue weighted by Gasteiger charge is 2.36. The molecule has 4 aromatic rings. The van der Waals surface area contributed by atoms with E-state index < -0.39 is 52.4 Å². The average Bonchev–Trinajstić information content (AvgIpc) is 3.53. The summed E-state index contributed by atoms with van der Waals surface area (Å²) in [6, 6.07) is 8.06. The van der Waals surface area contributed by atoms with Gasteiger partial charge in [0.05, 0.1) is 22.6 Å². The molecule has 0 bridgehead atoms. The maximum Gasteiger partial charge on any atom is 0.435 e. The van der Waals surface area contributed by atoms with Gasteiger partial charge in [0.15, 0.2) is 5.69 Å². The van der Waals surface area contributed by atoms with Gasteiger partial charge in [-0.05, 0) is 30.3 Å². The van der Waals surface area contributed by atoms with E-state index in [4.69, 9.17) is 10.00 Å². The molecule has 0 saturated heterocycles. The lowest BCUT2D eigenvalue weighted by Crippen LogP contribution is -2.26. The summed E-state index contributed by atoms with van der Waals surface area (Å²) in [5.74, 6) is -3.07. The molecule has 0 aliphatic rings. The third-order valence-corrected chi connectivity index (χ3v) is 5.18. The van der Waals surface area contributed by atoms with Crippen LogP contribution in [0.3, 0.4) is 0 Å². The monoisotopic (exact) mass is 545 g/mol. The first-order chi connectivity index (χ1) is 18.4. The number of alkyl halides is 3. The average molecular weight is 545 g/mol. The smallest absolute Gasteiger partial charge is 0.375 e. The number of halogens is 5. The van der Waals surface area contributed by atoms with Crippen molar-refractivity contribution in [3.63, 3.8) is 0 Å². The van der Waals surface area contributed by atoms with Crippen LogP contribution in [0.15, 0.2) is 54.9 Å². The number of hydrogen-bond donors (Lipinski definition) is 1. The number of amides is 2. The molecule has 0 atom stereocenters. The molecular formula is C24H16F5N7O3. The minimum atomic E-state index is -4.94. The van der Waals surface area contributed by atoms with Crippen LogP contribution >= 0.6 is 0 Å². The lowest BCUT2D eigenvalue weighted by atomic mass is 10.2. The number of hydrogen-bond acceptors (Lipinski definition) is 6. The lowest BCUT2D eigenvalue weighted by molar-refractivity contribution is -0.141. The van der Waals surface area contributed by atoms with E-state index in [1.54, 1.807) is 6.07 Å². The van der Waals surface area contributed by atoms with Gasteiger partial charge in [-0.2, -0.15) is 23.5 Å². The van der Waals surface area contributed by atoms with E-state index in [2.05, 4.69) is 15.4 Å². The third-order valence-electron chi connectivity index (χ3n) is 5.18. The normalized spacial score (nSPS) is 11.1. The molecule has 0 radical (unpaired) electrons. The fourth-order valence-electron chi connectivity index (χ4n) is 3.28. The van der Waals surface area contributed by atoms with Crippen molar-refractivity contribution >= 4 is 17.7 Å². The van der Waals surface area contributed by atoms with Crippen molar-refractivity contribution in [2.75, 3.05) is 19.4 Å². The first-order valence-electron chi connectivity index (χ1n) is 10.8. The van der Waals surface area contributed by atoms with E-state index in [0.29, 0.717) is 10.7 Å². The summed E-state index contributed by atoms with van der Waals surface area (Å²) in [5.41, 5.74) is -3.03. The van der Waals surface area contributed by atoms with Crippen molar-refractivity contribution in [2.45, 2.75) is 6.18 Å². The predicted molar refractivity (Wildman–Crippen MR) is 124 cm³/mol. The Hall–Kier alpha value is -5.26. The van der Waals surface area contributed by atoms with Gasteiger partial charge in [-0.15, -0.1) is 0 Å². The number of carbonyl (C=O) groups is 2. The summed E-state index contributed by atoms with van der Waals surface area (Å²) in [4.78, 5) is 29.8. The zero-order chi connectivity index (χ0) is 28.5. The minimum Gasteiger partial charge on any atom is -0.375 e. The number of nitrogens with zero attached hydrogens (tertiary/aromatic N) is 6. The Labute approximate surface area is 216 Å². The number of nitrogens with one attached hydrogen (secondary N) is 1. The summed E-state index contributed by atoms with van der Waals surface area (Å²) >= 11 is 0. The Kier molecular flexibility index (Phi) is 7.04. The summed E-state index contributed by atoms with van der Waals surface area (Å²) in [7, 11) is 2.91. The zero-order valence-electron chi connectivity index (χ0n) is 20.0. The lowest BCUT2D eigenvalue weighted by Gasteiger charge is -2.13. The molecule has 10 nitrogen and oxygen atoms in total. The summed E-state index contributed by atoms with van der Waals surface area (Å²) < 4.78 is 75.8. The highest BCUT2D eigenvalue weighted by Crippen LogP contribution is 2.30. The molecule has 200 valence electrons. The third kappa shape index (κ3) is 5.54. The van der Waals surface area contributed by atoms with Gasteiger partial charge in [0.25, 0.3) is 5.91 Å². The molecular weight excluding hydrogens is 529 g/mol. The van der Waals surface area contributed by atoms with Crippen LogP contribution in [-0.4, -0.2) is 50.3 Å². The molecule has 0 aliphatic heterocycles. The topological polar surface area (TPSA) is 118 Å². The number of nitriles is 1. The Balaban J connectivity index is 1.66. The molecule has 0 aliphatic carbocycles. The number of carbonyl (C=O) groups excluding carboxylic acids is 2. The Morgan fingerprint density at radius 2 is 1.77 bits per heavy atom. The van der Waals surface area contributed by atoms with E-state index in [0.717, 1.165) is 35.2 Å². The van der Waals surface area contributed by atoms with Gasteiger partial charge >= 0.3 is 18.3 Å². The zero-order valence-corrected chi connectivity index (χ0v) is 20.0. The Bertz CT molecular complexity index is 1620. The fourth-order valence-corrected chi connectivity index (χ4v) is 3.28. The highest BCUT2D eigenvalue weighted by atomic mass is 19.4. The largest absolute Gasteiger partial charge is 0.435 e. The summed E-state index contributed by atoms with van der Waals surface area (Å²) in [5, 5.41) is 14.6. The van der Waals surface area contributed by atoms with Crippen LogP contribution in [-0.2, 0) is 6.18 Å². The van der Waals surface area contributed by atoms with Crippen molar-refractivity contribution in [3.8, 4) is 23.5 Å². The number of ether oxygens (including phenoxy) is 1. The first kappa shape index (κ1) is 26.8.